The summed E-state index contributed by atoms with van der Waals surface area (Å²) in [5, 5.41) is 9.74. The van der Waals surface area contributed by atoms with Crippen LogP contribution in [-0.4, -0.2) is 32.0 Å². The lowest BCUT2D eigenvalue weighted by molar-refractivity contribution is 0.132. The van der Waals surface area contributed by atoms with E-state index in [1.54, 1.807) is 0 Å². The van der Waals surface area contributed by atoms with Gasteiger partial charge in [-0.3, -0.25) is 0 Å². The molecule has 2 nitrogen and oxygen atoms in total. The van der Waals surface area contributed by atoms with Gasteiger partial charge in [0.25, 0.3) is 0 Å². The average molecular weight is 253 g/mol. The largest absolute Gasteiger partial charge is 0.417 e. The van der Waals surface area contributed by atoms with Crippen molar-refractivity contribution in [1.82, 2.24) is 0 Å². The van der Waals surface area contributed by atoms with Crippen molar-refractivity contribution >= 4 is 19.9 Å². The Morgan fingerprint density at radius 2 is 1.80 bits per heavy atom. The fourth-order valence-corrected chi connectivity index (χ4v) is 2.25. The molecular formula is C11H25ClO2Si. The predicted octanol–water partition coefficient (Wildman–Crippen LogP) is 3.39. The Morgan fingerprint density at radius 1 is 1.27 bits per heavy atom. The van der Waals surface area contributed by atoms with E-state index in [9.17, 15) is 5.11 Å². The Kier molecular flexibility index (Phi) is 6.41. The molecule has 1 N–H and O–H groups in total. The summed E-state index contributed by atoms with van der Waals surface area (Å²) in [4.78, 5) is 0. The number of aliphatic hydroxyl groups is 1. The van der Waals surface area contributed by atoms with Gasteiger partial charge in [0, 0.05) is 12.5 Å². The third kappa shape index (κ3) is 5.90. The summed E-state index contributed by atoms with van der Waals surface area (Å²) in [6.45, 7) is 11.7. The van der Waals surface area contributed by atoms with Crippen molar-refractivity contribution < 1.29 is 9.53 Å². The summed E-state index contributed by atoms with van der Waals surface area (Å²) >= 11 is 5.55. The van der Waals surface area contributed by atoms with Crippen LogP contribution in [0.2, 0.25) is 18.1 Å². The average Bonchev–Trinajstić information content (AvgIpc) is 2.01. The van der Waals surface area contributed by atoms with Crippen molar-refractivity contribution in [3.63, 3.8) is 0 Å². The van der Waals surface area contributed by atoms with Crippen molar-refractivity contribution in [2.75, 3.05) is 12.5 Å². The van der Waals surface area contributed by atoms with E-state index in [-0.39, 0.29) is 11.1 Å². The van der Waals surface area contributed by atoms with Gasteiger partial charge in [-0.25, -0.2) is 0 Å². The molecule has 0 aromatic carbocycles. The zero-order chi connectivity index (χ0) is 12.1. The van der Waals surface area contributed by atoms with Crippen LogP contribution in [0.25, 0.3) is 0 Å². The van der Waals surface area contributed by atoms with E-state index in [1.807, 2.05) is 0 Å². The van der Waals surface area contributed by atoms with Crippen molar-refractivity contribution in [1.29, 1.82) is 0 Å². The second-order valence-electron chi connectivity index (χ2n) is 5.53. The molecule has 0 fully saturated rings. The minimum atomic E-state index is -1.64. The fraction of sp³-hybridized carbons (Fsp3) is 1.00. The maximum atomic E-state index is 9.50. The predicted molar refractivity (Wildman–Crippen MR) is 69.1 cm³/mol. The van der Waals surface area contributed by atoms with Crippen LogP contribution >= 0.6 is 11.6 Å². The van der Waals surface area contributed by atoms with Gasteiger partial charge in [-0.15, -0.1) is 11.6 Å². The molecule has 0 radical (unpaired) electrons. The smallest absolute Gasteiger partial charge is 0.191 e. The van der Waals surface area contributed by atoms with Gasteiger partial charge in [-0.05, 0) is 31.0 Å². The molecule has 0 saturated carbocycles. The summed E-state index contributed by atoms with van der Waals surface area (Å²) in [6, 6.07) is 0. The highest BCUT2D eigenvalue weighted by molar-refractivity contribution is 6.74. The van der Waals surface area contributed by atoms with Crippen LogP contribution in [0.4, 0.5) is 0 Å². The highest BCUT2D eigenvalue weighted by Gasteiger charge is 2.36. The summed E-state index contributed by atoms with van der Waals surface area (Å²) in [7, 11) is -1.64. The molecule has 0 unspecified atom stereocenters. The molecule has 0 aromatic rings. The Balaban J connectivity index is 3.85. The molecular weight excluding hydrogens is 228 g/mol. The Bertz CT molecular complexity index is 178. The minimum Gasteiger partial charge on any atom is -0.417 e. The Morgan fingerprint density at radius 3 is 2.20 bits per heavy atom. The molecule has 1 atom stereocenters. The van der Waals surface area contributed by atoms with Crippen LogP contribution in [-0.2, 0) is 4.43 Å². The van der Waals surface area contributed by atoms with Crippen molar-refractivity contribution in [2.45, 2.75) is 57.8 Å². The molecule has 0 spiro atoms. The first-order valence-electron chi connectivity index (χ1n) is 5.58. The third-order valence-electron chi connectivity index (χ3n) is 3.16. The van der Waals surface area contributed by atoms with Gasteiger partial charge >= 0.3 is 0 Å². The highest BCUT2D eigenvalue weighted by atomic mass is 35.5. The molecule has 92 valence electrons. The maximum absolute atomic E-state index is 9.50. The van der Waals surface area contributed by atoms with E-state index >= 15 is 0 Å². The quantitative estimate of drug-likeness (QED) is 0.580. The van der Waals surface area contributed by atoms with Gasteiger partial charge in [0.05, 0.1) is 6.10 Å². The lowest BCUT2D eigenvalue weighted by Gasteiger charge is -2.36. The number of alkyl halides is 1. The molecule has 0 aromatic heterocycles. The molecule has 0 amide bonds. The van der Waals surface area contributed by atoms with Gasteiger partial charge in [0.2, 0.25) is 0 Å². The Hall–Kier alpha value is 0.427. The van der Waals surface area contributed by atoms with E-state index in [0.717, 1.165) is 0 Å². The molecule has 0 saturated heterocycles. The number of aliphatic hydroxyl groups excluding tert-OH is 1. The normalized spacial score (nSPS) is 15.4. The van der Waals surface area contributed by atoms with Gasteiger partial charge < -0.3 is 9.53 Å². The van der Waals surface area contributed by atoms with Crippen LogP contribution in [0, 0.1) is 0 Å². The van der Waals surface area contributed by atoms with Gasteiger partial charge in [0.15, 0.2) is 8.32 Å². The van der Waals surface area contributed by atoms with E-state index in [4.69, 9.17) is 16.0 Å². The summed E-state index contributed by atoms with van der Waals surface area (Å²) in [5.74, 6) is 0.515. The second kappa shape index (κ2) is 6.23. The standard InChI is InChI=1S/C11H25ClO2Si/c1-11(2,3)15(4,5)14-9-7-10(13)6-8-12/h10,13H,6-9H2,1-5H3/t10-/m1/s1. The fourth-order valence-electron chi connectivity index (χ4n) is 0.937. The maximum Gasteiger partial charge on any atom is 0.191 e. The van der Waals surface area contributed by atoms with E-state index < -0.39 is 8.32 Å². The van der Waals surface area contributed by atoms with Gasteiger partial charge in [0.1, 0.15) is 0 Å². The van der Waals surface area contributed by atoms with Crippen LogP contribution in [0.1, 0.15) is 33.6 Å². The molecule has 0 rings (SSSR count). The molecule has 0 aliphatic rings. The van der Waals surface area contributed by atoms with Crippen LogP contribution in [0.15, 0.2) is 0 Å². The monoisotopic (exact) mass is 252 g/mol. The Labute approximate surface area is 100 Å². The van der Waals surface area contributed by atoms with Crippen LogP contribution < -0.4 is 0 Å². The van der Waals surface area contributed by atoms with Crippen LogP contribution in [0.3, 0.4) is 0 Å². The first-order valence-corrected chi connectivity index (χ1v) is 9.03. The highest BCUT2D eigenvalue weighted by Crippen LogP contribution is 2.36. The van der Waals surface area contributed by atoms with Crippen molar-refractivity contribution in [3.05, 3.63) is 0 Å². The van der Waals surface area contributed by atoms with Crippen molar-refractivity contribution in [2.24, 2.45) is 0 Å². The molecule has 0 aliphatic heterocycles. The number of halogens is 1. The molecule has 15 heavy (non-hydrogen) atoms. The summed E-state index contributed by atoms with van der Waals surface area (Å²) < 4.78 is 5.95. The van der Waals surface area contributed by atoms with E-state index in [2.05, 4.69) is 33.9 Å². The second-order valence-corrected chi connectivity index (χ2v) is 10.7. The lowest BCUT2D eigenvalue weighted by atomic mass is 10.2. The summed E-state index contributed by atoms with van der Waals surface area (Å²) in [6.07, 6.45) is 1.04. The zero-order valence-electron chi connectivity index (χ0n) is 10.6. The van der Waals surface area contributed by atoms with E-state index in [0.29, 0.717) is 25.3 Å². The van der Waals surface area contributed by atoms with Gasteiger partial charge in [-0.2, -0.15) is 0 Å². The molecule has 0 aliphatic carbocycles. The first kappa shape index (κ1) is 15.4. The number of rotatable bonds is 6. The lowest BCUT2D eigenvalue weighted by Crippen LogP contribution is -2.41. The zero-order valence-corrected chi connectivity index (χ0v) is 12.4. The SMILES string of the molecule is CC(C)(C)[Si](C)(C)OCC[C@H](O)CCCl. The minimum absolute atomic E-state index is 0.241. The number of hydrogen-bond donors (Lipinski definition) is 1. The van der Waals surface area contributed by atoms with Crippen LogP contribution in [0.5, 0.6) is 0 Å². The third-order valence-corrected chi connectivity index (χ3v) is 7.92. The summed E-state index contributed by atoms with van der Waals surface area (Å²) in [5.41, 5.74) is 0. The topological polar surface area (TPSA) is 29.5 Å². The van der Waals surface area contributed by atoms with E-state index in [1.165, 1.54) is 0 Å². The first-order chi connectivity index (χ1) is 6.70. The molecule has 4 heteroatoms. The van der Waals surface area contributed by atoms with Crippen molar-refractivity contribution in [3.8, 4) is 0 Å². The molecule has 0 heterocycles. The van der Waals surface area contributed by atoms with Gasteiger partial charge in [-0.1, -0.05) is 20.8 Å². The molecule has 0 bridgehead atoms. The number of hydrogen-bond acceptors (Lipinski definition) is 2.